The summed E-state index contributed by atoms with van der Waals surface area (Å²) in [5.74, 6) is 1.71. The molecular formula is C17H25BrN2O3. The largest absolute Gasteiger partial charge is 0.493 e. The molecule has 6 heteroatoms. The van der Waals surface area contributed by atoms with Crippen LogP contribution < -0.4 is 14.8 Å². The average molecular weight is 385 g/mol. The molecule has 5 nitrogen and oxygen atoms in total. The Bertz CT molecular complexity index is 537. The number of benzene rings is 1. The maximum Gasteiger partial charge on any atom is 0.222 e. The van der Waals surface area contributed by atoms with Crippen LogP contribution in [0.25, 0.3) is 0 Å². The quantitative estimate of drug-likeness (QED) is 0.734. The number of carbonyl (C=O) groups is 1. The molecule has 1 amide bonds. The zero-order valence-electron chi connectivity index (χ0n) is 13.9. The summed E-state index contributed by atoms with van der Waals surface area (Å²) in [7, 11) is 3.26. The van der Waals surface area contributed by atoms with Gasteiger partial charge in [-0.15, -0.1) is 0 Å². The Hall–Kier alpha value is -1.27. The normalized spacial score (nSPS) is 15.4. The molecule has 1 aliphatic heterocycles. The first-order chi connectivity index (χ1) is 11.2. The van der Waals surface area contributed by atoms with Gasteiger partial charge in [0.2, 0.25) is 5.91 Å². The Morgan fingerprint density at radius 3 is 2.65 bits per heavy atom. The molecular weight excluding hydrogens is 360 g/mol. The number of ether oxygens (including phenoxy) is 2. The van der Waals surface area contributed by atoms with Crippen LogP contribution in [-0.2, 0) is 11.3 Å². The van der Waals surface area contributed by atoms with Crippen LogP contribution in [0.15, 0.2) is 16.6 Å². The van der Waals surface area contributed by atoms with Gasteiger partial charge < -0.3 is 19.7 Å². The molecule has 0 spiro atoms. The van der Waals surface area contributed by atoms with E-state index in [1.807, 2.05) is 17.0 Å². The number of hydrogen-bond donors (Lipinski definition) is 1. The maximum atomic E-state index is 11.9. The first kappa shape index (κ1) is 18.1. The fraction of sp³-hybridized carbons (Fsp3) is 0.588. The van der Waals surface area contributed by atoms with Crippen molar-refractivity contribution in [1.82, 2.24) is 10.2 Å². The fourth-order valence-corrected chi connectivity index (χ4v) is 3.21. The molecule has 0 unspecified atom stereocenters. The molecule has 2 rings (SSSR count). The summed E-state index contributed by atoms with van der Waals surface area (Å²) >= 11 is 3.56. The van der Waals surface area contributed by atoms with Crippen molar-refractivity contribution in [2.45, 2.75) is 32.2 Å². The van der Waals surface area contributed by atoms with Gasteiger partial charge >= 0.3 is 0 Å². The standard InChI is InChI=1S/C17H25BrN2O3/c1-22-15-10-13(14(18)11-16(15)23-2)12-19-7-9-20-8-5-3-4-6-17(20)21/h10-11,19H,3-9,12H2,1-2H3. The number of halogens is 1. The Morgan fingerprint density at radius 2 is 1.91 bits per heavy atom. The Labute approximate surface area is 146 Å². The summed E-state index contributed by atoms with van der Waals surface area (Å²) in [6.45, 7) is 3.15. The molecule has 0 aliphatic carbocycles. The number of nitrogens with one attached hydrogen (secondary N) is 1. The summed E-state index contributed by atoms with van der Waals surface area (Å²) in [5.41, 5.74) is 1.10. The number of hydrogen-bond acceptors (Lipinski definition) is 4. The number of likely N-dealkylation sites (tertiary alicyclic amines) is 1. The number of amides is 1. The van der Waals surface area contributed by atoms with Crippen molar-refractivity contribution in [1.29, 1.82) is 0 Å². The lowest BCUT2D eigenvalue weighted by atomic mass is 10.2. The molecule has 1 fully saturated rings. The van der Waals surface area contributed by atoms with Gasteiger partial charge in [0.05, 0.1) is 14.2 Å². The Morgan fingerprint density at radius 1 is 1.17 bits per heavy atom. The molecule has 0 atom stereocenters. The van der Waals surface area contributed by atoms with Crippen LogP contribution in [0.3, 0.4) is 0 Å². The van der Waals surface area contributed by atoms with Crippen molar-refractivity contribution in [3.05, 3.63) is 22.2 Å². The summed E-state index contributed by atoms with van der Waals surface area (Å²) in [6.07, 6.45) is 4.00. The van der Waals surface area contributed by atoms with E-state index < -0.39 is 0 Å². The molecule has 0 bridgehead atoms. The lowest BCUT2D eigenvalue weighted by Gasteiger charge is -2.20. The summed E-state index contributed by atoms with van der Waals surface area (Å²) < 4.78 is 11.6. The van der Waals surface area contributed by atoms with Crippen LogP contribution in [0.1, 0.15) is 31.2 Å². The van der Waals surface area contributed by atoms with Gasteiger partial charge in [-0.25, -0.2) is 0 Å². The van der Waals surface area contributed by atoms with Gasteiger partial charge in [0.1, 0.15) is 0 Å². The highest BCUT2D eigenvalue weighted by molar-refractivity contribution is 9.10. The number of carbonyl (C=O) groups excluding carboxylic acids is 1. The predicted molar refractivity (Wildman–Crippen MR) is 94.0 cm³/mol. The van der Waals surface area contributed by atoms with E-state index in [9.17, 15) is 4.79 Å². The first-order valence-electron chi connectivity index (χ1n) is 8.04. The van der Waals surface area contributed by atoms with Crippen LogP contribution in [0.5, 0.6) is 11.5 Å². The molecule has 1 heterocycles. The van der Waals surface area contributed by atoms with Gasteiger partial charge in [-0.1, -0.05) is 22.4 Å². The van der Waals surface area contributed by atoms with Crippen LogP contribution >= 0.6 is 15.9 Å². The summed E-state index contributed by atoms with van der Waals surface area (Å²) in [6, 6.07) is 3.88. The van der Waals surface area contributed by atoms with Crippen LogP contribution in [0.2, 0.25) is 0 Å². The van der Waals surface area contributed by atoms with Crippen LogP contribution in [-0.4, -0.2) is 44.7 Å². The van der Waals surface area contributed by atoms with Gasteiger partial charge in [0.15, 0.2) is 11.5 Å². The summed E-state index contributed by atoms with van der Waals surface area (Å²) in [4.78, 5) is 13.9. The lowest BCUT2D eigenvalue weighted by Crippen LogP contribution is -2.36. The zero-order chi connectivity index (χ0) is 16.7. The van der Waals surface area contributed by atoms with Crippen molar-refractivity contribution < 1.29 is 14.3 Å². The van der Waals surface area contributed by atoms with E-state index in [0.717, 1.165) is 54.7 Å². The smallest absolute Gasteiger partial charge is 0.222 e. The molecule has 128 valence electrons. The Kier molecular flexibility index (Phi) is 7.17. The molecule has 0 saturated carbocycles. The fourth-order valence-electron chi connectivity index (χ4n) is 2.74. The molecule has 1 N–H and O–H groups in total. The second kappa shape index (κ2) is 9.13. The Balaban J connectivity index is 1.85. The third-order valence-corrected chi connectivity index (χ3v) is 4.84. The second-order valence-corrected chi connectivity index (χ2v) is 6.52. The van der Waals surface area contributed by atoms with Gasteiger partial charge in [-0.05, 0) is 30.5 Å². The highest BCUT2D eigenvalue weighted by atomic mass is 79.9. The van der Waals surface area contributed by atoms with Crippen molar-refractivity contribution in [2.24, 2.45) is 0 Å². The minimum atomic E-state index is 0.289. The van der Waals surface area contributed by atoms with E-state index in [2.05, 4.69) is 21.2 Å². The van der Waals surface area contributed by atoms with E-state index in [0.29, 0.717) is 18.7 Å². The minimum Gasteiger partial charge on any atom is -0.493 e. The molecule has 0 radical (unpaired) electrons. The number of rotatable bonds is 7. The van der Waals surface area contributed by atoms with Crippen LogP contribution in [0.4, 0.5) is 0 Å². The molecule has 1 saturated heterocycles. The molecule has 1 aromatic carbocycles. The molecule has 23 heavy (non-hydrogen) atoms. The predicted octanol–water partition coefficient (Wildman–Crippen LogP) is 2.96. The lowest BCUT2D eigenvalue weighted by molar-refractivity contribution is -0.130. The minimum absolute atomic E-state index is 0.289. The maximum absolute atomic E-state index is 11.9. The van der Waals surface area contributed by atoms with Crippen molar-refractivity contribution in [3.63, 3.8) is 0 Å². The van der Waals surface area contributed by atoms with Gasteiger partial charge in [-0.3, -0.25) is 4.79 Å². The monoisotopic (exact) mass is 384 g/mol. The topological polar surface area (TPSA) is 50.8 Å². The highest BCUT2D eigenvalue weighted by Crippen LogP contribution is 2.33. The van der Waals surface area contributed by atoms with Crippen molar-refractivity contribution in [3.8, 4) is 11.5 Å². The molecule has 1 aromatic rings. The van der Waals surface area contributed by atoms with E-state index in [-0.39, 0.29) is 5.91 Å². The second-order valence-electron chi connectivity index (χ2n) is 5.67. The third-order valence-electron chi connectivity index (χ3n) is 4.10. The van der Waals surface area contributed by atoms with E-state index in [1.54, 1.807) is 14.2 Å². The number of methoxy groups -OCH3 is 2. The van der Waals surface area contributed by atoms with Gasteiger partial charge in [-0.2, -0.15) is 0 Å². The van der Waals surface area contributed by atoms with Crippen molar-refractivity contribution in [2.75, 3.05) is 33.9 Å². The van der Waals surface area contributed by atoms with Crippen LogP contribution in [0, 0.1) is 0 Å². The van der Waals surface area contributed by atoms with Gasteiger partial charge in [0, 0.05) is 37.1 Å². The van der Waals surface area contributed by atoms with E-state index >= 15 is 0 Å². The zero-order valence-corrected chi connectivity index (χ0v) is 15.4. The van der Waals surface area contributed by atoms with E-state index in [1.165, 1.54) is 0 Å². The SMILES string of the molecule is COc1cc(Br)c(CNCCN2CCCCCC2=O)cc1OC. The highest BCUT2D eigenvalue weighted by Gasteiger charge is 2.15. The third kappa shape index (κ3) is 5.11. The molecule has 0 aromatic heterocycles. The average Bonchev–Trinajstić information content (AvgIpc) is 2.76. The van der Waals surface area contributed by atoms with Crippen molar-refractivity contribution >= 4 is 21.8 Å². The summed E-state index contributed by atoms with van der Waals surface area (Å²) in [5, 5.41) is 3.40. The first-order valence-corrected chi connectivity index (χ1v) is 8.84. The van der Waals surface area contributed by atoms with E-state index in [4.69, 9.17) is 9.47 Å². The van der Waals surface area contributed by atoms with Gasteiger partial charge in [0.25, 0.3) is 0 Å². The number of nitrogens with zero attached hydrogens (tertiary/aromatic N) is 1. The molecule has 1 aliphatic rings.